The molecule has 0 fully saturated rings. The molecule has 1 atom stereocenters. The topological polar surface area (TPSA) is 37.3 Å². The van der Waals surface area contributed by atoms with Gasteiger partial charge >= 0.3 is 6.03 Å². The molecular formula is C17H17N3O. The Hall–Kier alpha value is -2.67. The molecule has 0 bridgehead atoms. The van der Waals surface area contributed by atoms with Gasteiger partial charge in [0.15, 0.2) is 0 Å². The molecule has 0 saturated heterocycles. The highest BCUT2D eigenvalue weighted by atomic mass is 16.2. The quantitative estimate of drug-likeness (QED) is 0.841. The maximum absolute atomic E-state index is 12.4. The Morgan fingerprint density at radius 3 is 2.81 bits per heavy atom. The van der Waals surface area contributed by atoms with E-state index < -0.39 is 0 Å². The van der Waals surface area contributed by atoms with Crippen molar-refractivity contribution in [2.75, 3.05) is 13.1 Å². The molecule has 1 aliphatic rings. The van der Waals surface area contributed by atoms with Gasteiger partial charge < -0.3 is 14.8 Å². The Labute approximate surface area is 124 Å². The van der Waals surface area contributed by atoms with E-state index in [2.05, 4.69) is 40.2 Å². The van der Waals surface area contributed by atoms with Gasteiger partial charge in [0, 0.05) is 25.0 Å². The fourth-order valence-electron chi connectivity index (χ4n) is 2.82. The van der Waals surface area contributed by atoms with Crippen molar-refractivity contribution in [2.45, 2.75) is 12.6 Å². The second kappa shape index (κ2) is 5.76. The summed E-state index contributed by atoms with van der Waals surface area (Å²) in [6.07, 6.45) is 7.28. The van der Waals surface area contributed by atoms with E-state index in [0.29, 0.717) is 6.54 Å². The molecule has 0 spiro atoms. The molecule has 1 aliphatic heterocycles. The van der Waals surface area contributed by atoms with Gasteiger partial charge in [-0.1, -0.05) is 36.3 Å². The number of terminal acetylenes is 1. The number of aromatic nitrogens is 1. The van der Waals surface area contributed by atoms with E-state index in [9.17, 15) is 4.79 Å². The van der Waals surface area contributed by atoms with Crippen LogP contribution in [0.1, 0.15) is 17.3 Å². The number of rotatable bonds is 2. The number of carbonyl (C=O) groups is 1. The maximum atomic E-state index is 12.4. The monoisotopic (exact) mass is 279 g/mol. The average Bonchev–Trinajstić information content (AvgIpc) is 3.01. The minimum Gasteiger partial charge on any atom is -0.348 e. The molecule has 1 aromatic carbocycles. The highest BCUT2D eigenvalue weighted by Crippen LogP contribution is 2.32. The number of hydrogen-bond acceptors (Lipinski definition) is 1. The van der Waals surface area contributed by atoms with Crippen LogP contribution < -0.4 is 5.32 Å². The van der Waals surface area contributed by atoms with Crippen LogP contribution in [0.15, 0.2) is 48.7 Å². The van der Waals surface area contributed by atoms with Crippen LogP contribution in [0.4, 0.5) is 4.79 Å². The Balaban J connectivity index is 1.97. The first-order chi connectivity index (χ1) is 10.3. The van der Waals surface area contributed by atoms with Gasteiger partial charge in [0.2, 0.25) is 0 Å². The second-order valence-corrected chi connectivity index (χ2v) is 5.00. The Morgan fingerprint density at radius 2 is 2.05 bits per heavy atom. The van der Waals surface area contributed by atoms with Crippen LogP contribution in [0.5, 0.6) is 0 Å². The van der Waals surface area contributed by atoms with Gasteiger partial charge in [0.25, 0.3) is 0 Å². The van der Waals surface area contributed by atoms with Crippen LogP contribution >= 0.6 is 0 Å². The lowest BCUT2D eigenvalue weighted by Crippen LogP contribution is -2.47. The molecule has 4 heteroatoms. The summed E-state index contributed by atoms with van der Waals surface area (Å²) in [5, 5.41) is 2.77. The molecular weight excluding hydrogens is 262 g/mol. The Kier molecular flexibility index (Phi) is 3.65. The molecule has 0 aliphatic carbocycles. The first-order valence-corrected chi connectivity index (χ1v) is 6.99. The van der Waals surface area contributed by atoms with Crippen LogP contribution in [0, 0.1) is 12.3 Å². The predicted octanol–water partition coefficient (Wildman–Crippen LogP) is 2.24. The molecule has 0 saturated carbocycles. The molecule has 1 N–H and O–H groups in total. The third-order valence-corrected chi connectivity index (χ3v) is 3.76. The summed E-state index contributed by atoms with van der Waals surface area (Å²) in [6.45, 7) is 1.71. The molecule has 2 aromatic rings. The lowest BCUT2D eigenvalue weighted by atomic mass is 10.0. The van der Waals surface area contributed by atoms with Gasteiger partial charge in [-0.15, -0.1) is 6.42 Å². The molecule has 1 aromatic heterocycles. The van der Waals surface area contributed by atoms with Crippen molar-refractivity contribution < 1.29 is 4.79 Å². The smallest absolute Gasteiger partial charge is 0.319 e. The molecule has 0 radical (unpaired) electrons. The largest absolute Gasteiger partial charge is 0.348 e. The summed E-state index contributed by atoms with van der Waals surface area (Å²) < 4.78 is 2.20. The van der Waals surface area contributed by atoms with Gasteiger partial charge in [-0.3, -0.25) is 0 Å². The SMILES string of the molecule is C#CCNC(=O)N1CCn2cccc2C1c1ccccc1. The van der Waals surface area contributed by atoms with E-state index in [1.165, 1.54) is 0 Å². The van der Waals surface area contributed by atoms with Crippen LogP contribution in [-0.2, 0) is 6.54 Å². The lowest BCUT2D eigenvalue weighted by molar-refractivity contribution is 0.170. The average molecular weight is 279 g/mol. The van der Waals surface area contributed by atoms with Gasteiger partial charge in [0.05, 0.1) is 12.6 Å². The Bertz CT molecular complexity index is 669. The van der Waals surface area contributed by atoms with E-state index in [4.69, 9.17) is 6.42 Å². The van der Waals surface area contributed by atoms with Crippen LogP contribution in [0.2, 0.25) is 0 Å². The highest BCUT2D eigenvalue weighted by molar-refractivity contribution is 5.75. The maximum Gasteiger partial charge on any atom is 0.319 e. The minimum absolute atomic E-state index is 0.0762. The van der Waals surface area contributed by atoms with Gasteiger partial charge in [0.1, 0.15) is 0 Å². The molecule has 2 heterocycles. The molecule has 2 amide bonds. The van der Waals surface area contributed by atoms with Crippen molar-refractivity contribution >= 4 is 6.03 Å². The van der Waals surface area contributed by atoms with Crippen LogP contribution in [0.25, 0.3) is 0 Å². The van der Waals surface area contributed by atoms with Crippen LogP contribution in [-0.4, -0.2) is 28.6 Å². The summed E-state index contributed by atoms with van der Waals surface area (Å²) in [5.41, 5.74) is 2.23. The van der Waals surface area contributed by atoms with E-state index in [1.54, 1.807) is 0 Å². The zero-order valence-corrected chi connectivity index (χ0v) is 11.7. The summed E-state index contributed by atoms with van der Waals surface area (Å²) in [4.78, 5) is 14.2. The zero-order chi connectivity index (χ0) is 14.7. The molecule has 3 rings (SSSR count). The fourth-order valence-corrected chi connectivity index (χ4v) is 2.82. The summed E-state index contributed by atoms with van der Waals surface area (Å²) in [7, 11) is 0. The molecule has 4 nitrogen and oxygen atoms in total. The van der Waals surface area contributed by atoms with Gasteiger partial charge in [-0.25, -0.2) is 4.79 Å². The zero-order valence-electron chi connectivity index (χ0n) is 11.7. The van der Waals surface area contributed by atoms with Crippen molar-refractivity contribution in [3.05, 3.63) is 59.9 Å². The number of hydrogen-bond donors (Lipinski definition) is 1. The van der Waals surface area contributed by atoms with Crippen molar-refractivity contribution in [2.24, 2.45) is 0 Å². The lowest BCUT2D eigenvalue weighted by Gasteiger charge is -2.37. The normalized spacial score (nSPS) is 16.9. The number of benzene rings is 1. The van der Waals surface area contributed by atoms with Gasteiger partial charge in [-0.2, -0.15) is 0 Å². The summed E-state index contributed by atoms with van der Waals surface area (Å²) in [6, 6.07) is 14.0. The molecule has 21 heavy (non-hydrogen) atoms. The molecule has 1 unspecified atom stereocenters. The first-order valence-electron chi connectivity index (χ1n) is 6.99. The van der Waals surface area contributed by atoms with Crippen molar-refractivity contribution in [1.29, 1.82) is 0 Å². The van der Waals surface area contributed by atoms with Crippen molar-refractivity contribution in [1.82, 2.24) is 14.8 Å². The Morgan fingerprint density at radius 1 is 1.24 bits per heavy atom. The highest BCUT2D eigenvalue weighted by Gasteiger charge is 2.31. The molecule has 106 valence electrons. The summed E-state index contributed by atoms with van der Waals surface area (Å²) in [5.74, 6) is 2.44. The number of carbonyl (C=O) groups excluding carboxylic acids is 1. The first kappa shape index (κ1) is 13.3. The fraction of sp³-hybridized carbons (Fsp3) is 0.235. The summed E-state index contributed by atoms with van der Waals surface area (Å²) >= 11 is 0. The number of fused-ring (bicyclic) bond motifs is 1. The number of nitrogens with zero attached hydrogens (tertiary/aromatic N) is 2. The number of urea groups is 1. The number of nitrogens with one attached hydrogen (secondary N) is 1. The van der Waals surface area contributed by atoms with Gasteiger partial charge in [-0.05, 0) is 17.7 Å². The predicted molar refractivity (Wildman–Crippen MR) is 81.7 cm³/mol. The number of amides is 2. The van der Waals surface area contributed by atoms with Crippen molar-refractivity contribution in [3.63, 3.8) is 0 Å². The van der Waals surface area contributed by atoms with E-state index in [-0.39, 0.29) is 18.6 Å². The third kappa shape index (κ3) is 2.50. The third-order valence-electron chi connectivity index (χ3n) is 3.76. The van der Waals surface area contributed by atoms with E-state index >= 15 is 0 Å². The van der Waals surface area contributed by atoms with Crippen molar-refractivity contribution in [3.8, 4) is 12.3 Å². The van der Waals surface area contributed by atoms with Crippen LogP contribution in [0.3, 0.4) is 0 Å². The van der Waals surface area contributed by atoms with E-state index in [1.807, 2.05) is 29.2 Å². The second-order valence-electron chi connectivity index (χ2n) is 5.00. The standard InChI is InChI=1S/C17H17N3O/c1-2-10-18-17(21)20-13-12-19-11-6-9-15(19)16(20)14-7-4-3-5-8-14/h1,3-9,11,16H,10,12-13H2,(H,18,21). The minimum atomic E-state index is -0.116. The van der Waals surface area contributed by atoms with E-state index in [0.717, 1.165) is 17.8 Å².